The summed E-state index contributed by atoms with van der Waals surface area (Å²) in [7, 11) is 0. The Hall–Kier alpha value is -1.64. The first-order chi connectivity index (χ1) is 8.92. The third-order valence-corrected chi connectivity index (χ3v) is 5.09. The molecule has 3 aromatic rings. The zero-order valence-corrected chi connectivity index (χ0v) is 11.2. The minimum absolute atomic E-state index is 1.35. The van der Waals surface area contributed by atoms with Crippen molar-refractivity contribution in [3.63, 3.8) is 0 Å². The molecule has 0 saturated carbocycles. The van der Waals surface area contributed by atoms with E-state index in [-0.39, 0.29) is 0 Å². The number of thiophene rings is 2. The van der Waals surface area contributed by atoms with Crippen LogP contribution in [0.1, 0.15) is 16.0 Å². The summed E-state index contributed by atoms with van der Waals surface area (Å²) < 4.78 is 1.37. The first-order valence-electron chi connectivity index (χ1n) is 5.86. The zero-order chi connectivity index (χ0) is 11.9. The molecule has 0 spiro atoms. The first-order valence-corrected chi connectivity index (χ1v) is 7.62. The van der Waals surface area contributed by atoms with Crippen molar-refractivity contribution in [3.05, 3.63) is 63.2 Å². The van der Waals surface area contributed by atoms with Crippen molar-refractivity contribution in [2.24, 2.45) is 0 Å². The average Bonchev–Trinajstić information content (AvgIpc) is 3.18. The van der Waals surface area contributed by atoms with Gasteiger partial charge in [-0.2, -0.15) is 0 Å². The molecule has 2 heteroatoms. The fourth-order valence-electron chi connectivity index (χ4n) is 2.33. The van der Waals surface area contributed by atoms with Gasteiger partial charge in [0.1, 0.15) is 0 Å². The third-order valence-electron chi connectivity index (χ3n) is 3.25. The molecule has 86 valence electrons. The van der Waals surface area contributed by atoms with Gasteiger partial charge in [0.25, 0.3) is 0 Å². The SMILES string of the molecule is C1=Cc2c3csc2C=C13.c1ccc2sccc2c1. The van der Waals surface area contributed by atoms with E-state index in [0.29, 0.717) is 0 Å². The predicted octanol–water partition coefficient (Wildman–Crippen LogP) is 5.53. The lowest BCUT2D eigenvalue weighted by Crippen LogP contribution is -1.65. The number of rotatable bonds is 0. The van der Waals surface area contributed by atoms with Crippen LogP contribution in [0.15, 0.2) is 47.2 Å². The molecule has 0 saturated heterocycles. The molecule has 0 nitrogen and oxygen atoms in total. The standard InChI is InChI=1S/C8H4S.C8H6S/c1-2-6-7-4-9-8(6)3-5(1)7;1-2-4-8-7(3-1)5-6-9-8/h1-4H;1-6H. The molecule has 2 aliphatic rings. The lowest BCUT2D eigenvalue weighted by atomic mass is 10.2. The van der Waals surface area contributed by atoms with Gasteiger partial charge in [0.05, 0.1) is 0 Å². The molecular weight excluding hydrogens is 256 g/mol. The van der Waals surface area contributed by atoms with E-state index >= 15 is 0 Å². The molecule has 5 rings (SSSR count). The zero-order valence-electron chi connectivity index (χ0n) is 9.59. The summed E-state index contributed by atoms with van der Waals surface area (Å²) in [6.45, 7) is 0. The van der Waals surface area contributed by atoms with Crippen LogP contribution < -0.4 is 0 Å². The van der Waals surface area contributed by atoms with Crippen molar-refractivity contribution in [3.8, 4) is 0 Å². The van der Waals surface area contributed by atoms with Gasteiger partial charge in [0.15, 0.2) is 0 Å². The van der Waals surface area contributed by atoms with Gasteiger partial charge in [-0.05, 0) is 39.9 Å². The average molecular weight is 266 g/mol. The summed E-state index contributed by atoms with van der Waals surface area (Å²) in [4.78, 5) is 1.45. The van der Waals surface area contributed by atoms with Gasteiger partial charge in [-0.15, -0.1) is 22.7 Å². The van der Waals surface area contributed by atoms with E-state index in [1.807, 2.05) is 11.3 Å². The molecule has 1 aromatic carbocycles. The van der Waals surface area contributed by atoms with Crippen LogP contribution in [-0.2, 0) is 0 Å². The smallest absolute Gasteiger partial charge is 0.0355 e. The molecule has 18 heavy (non-hydrogen) atoms. The molecule has 0 aliphatic heterocycles. The van der Waals surface area contributed by atoms with Crippen molar-refractivity contribution in [2.75, 3.05) is 0 Å². The molecule has 0 N–H and O–H groups in total. The molecule has 0 amide bonds. The lowest BCUT2D eigenvalue weighted by Gasteiger charge is -1.91. The number of fused-ring (bicyclic) bond motifs is 1. The van der Waals surface area contributed by atoms with Crippen molar-refractivity contribution in [2.45, 2.75) is 0 Å². The Morgan fingerprint density at radius 3 is 2.56 bits per heavy atom. The minimum Gasteiger partial charge on any atom is -0.144 e. The van der Waals surface area contributed by atoms with Gasteiger partial charge >= 0.3 is 0 Å². The second-order valence-electron chi connectivity index (χ2n) is 4.32. The predicted molar refractivity (Wildman–Crippen MR) is 83.0 cm³/mol. The fraction of sp³-hybridized carbons (Fsp3) is 0. The highest BCUT2D eigenvalue weighted by Crippen LogP contribution is 2.44. The van der Waals surface area contributed by atoms with Crippen molar-refractivity contribution < 1.29 is 0 Å². The second-order valence-corrected chi connectivity index (χ2v) is 6.18. The Balaban J connectivity index is 0.0000000980. The van der Waals surface area contributed by atoms with Crippen LogP contribution >= 0.6 is 22.7 Å². The lowest BCUT2D eigenvalue weighted by molar-refractivity contribution is 1.85. The maximum absolute atomic E-state index is 2.26. The van der Waals surface area contributed by atoms with Gasteiger partial charge in [-0.1, -0.05) is 30.4 Å². The summed E-state index contributed by atoms with van der Waals surface area (Å²) in [5, 5.41) is 5.70. The third kappa shape index (κ3) is 1.50. The molecule has 0 radical (unpaired) electrons. The van der Waals surface area contributed by atoms with Crippen LogP contribution in [0.2, 0.25) is 0 Å². The van der Waals surface area contributed by atoms with Gasteiger partial charge in [-0.3, -0.25) is 0 Å². The van der Waals surface area contributed by atoms with E-state index in [9.17, 15) is 0 Å². The topological polar surface area (TPSA) is 0 Å². The highest BCUT2D eigenvalue weighted by atomic mass is 32.1. The highest BCUT2D eigenvalue weighted by molar-refractivity contribution is 7.17. The van der Waals surface area contributed by atoms with Crippen molar-refractivity contribution >= 4 is 50.5 Å². The molecule has 2 heterocycles. The molecule has 2 aliphatic carbocycles. The van der Waals surface area contributed by atoms with Gasteiger partial charge in [0, 0.05) is 20.7 Å². The van der Waals surface area contributed by atoms with Crippen LogP contribution in [0.25, 0.3) is 27.8 Å². The van der Waals surface area contributed by atoms with E-state index in [0.717, 1.165) is 0 Å². The normalized spacial score (nSPS) is 13.7. The van der Waals surface area contributed by atoms with Crippen molar-refractivity contribution in [1.82, 2.24) is 0 Å². The molecule has 2 aromatic heterocycles. The largest absolute Gasteiger partial charge is 0.144 e. The van der Waals surface area contributed by atoms with Gasteiger partial charge in [0.2, 0.25) is 0 Å². The van der Waals surface area contributed by atoms with Gasteiger partial charge in [-0.25, -0.2) is 0 Å². The molecule has 4 bridgehead atoms. The number of hydrogen-bond donors (Lipinski definition) is 0. The van der Waals surface area contributed by atoms with E-state index < -0.39 is 0 Å². The fourth-order valence-corrected chi connectivity index (χ4v) is 4.12. The van der Waals surface area contributed by atoms with Crippen molar-refractivity contribution in [1.29, 1.82) is 0 Å². The Morgan fingerprint density at radius 2 is 1.83 bits per heavy atom. The van der Waals surface area contributed by atoms with E-state index in [4.69, 9.17) is 0 Å². The maximum atomic E-state index is 2.26. The quantitative estimate of drug-likeness (QED) is 0.502. The first kappa shape index (κ1) is 10.3. The number of allylic oxidation sites excluding steroid dienone is 2. The Morgan fingerprint density at radius 1 is 0.889 bits per heavy atom. The summed E-state index contributed by atoms with van der Waals surface area (Å²) >= 11 is 3.63. The summed E-state index contributed by atoms with van der Waals surface area (Å²) in [5.41, 5.74) is 4.32. The van der Waals surface area contributed by atoms with Crippen LogP contribution in [0.3, 0.4) is 0 Å². The molecular formula is C16H10S2. The molecule has 0 unspecified atom stereocenters. The summed E-state index contributed by atoms with van der Waals surface area (Å²) in [6.07, 6.45) is 6.65. The van der Waals surface area contributed by atoms with E-state index in [1.54, 1.807) is 11.3 Å². The maximum Gasteiger partial charge on any atom is 0.0355 e. The van der Waals surface area contributed by atoms with Crippen LogP contribution in [-0.4, -0.2) is 0 Å². The Labute approximate surface area is 114 Å². The summed E-state index contributed by atoms with van der Waals surface area (Å²) in [6, 6.07) is 10.5. The minimum atomic E-state index is 1.35. The molecule has 0 fully saturated rings. The highest BCUT2D eigenvalue weighted by Gasteiger charge is 2.21. The number of benzene rings is 1. The van der Waals surface area contributed by atoms with E-state index in [1.165, 1.54) is 31.7 Å². The second kappa shape index (κ2) is 3.94. The van der Waals surface area contributed by atoms with E-state index in [2.05, 4.69) is 59.3 Å². The van der Waals surface area contributed by atoms with Crippen LogP contribution in [0, 0.1) is 0 Å². The monoisotopic (exact) mass is 266 g/mol. The number of hydrogen-bond acceptors (Lipinski definition) is 2. The summed E-state index contributed by atoms with van der Waals surface area (Å²) in [5.74, 6) is 0. The van der Waals surface area contributed by atoms with Crippen LogP contribution in [0.5, 0.6) is 0 Å². The van der Waals surface area contributed by atoms with Crippen LogP contribution in [0.4, 0.5) is 0 Å². The molecule has 0 atom stereocenters. The Bertz CT molecular complexity index is 754. The van der Waals surface area contributed by atoms with Gasteiger partial charge < -0.3 is 0 Å². The Kier molecular flexibility index (Phi) is 2.25.